The summed E-state index contributed by atoms with van der Waals surface area (Å²) in [7, 11) is 0. The third-order valence-electron chi connectivity index (χ3n) is 4.01. The number of aliphatic hydroxyl groups is 1. The minimum Gasteiger partial charge on any atom is -0.396 e. The van der Waals surface area contributed by atoms with Crippen LogP contribution >= 0.6 is 0 Å². The van der Waals surface area contributed by atoms with Gasteiger partial charge in [-0.3, -0.25) is 4.68 Å². The van der Waals surface area contributed by atoms with Gasteiger partial charge < -0.3 is 5.11 Å². The SMILES string of the molecule is CCC(C)n1ccc(CC(CO)c2ccccc2C)n1. The molecule has 1 N–H and O–H groups in total. The average molecular weight is 272 g/mol. The van der Waals surface area contributed by atoms with Crippen molar-refractivity contribution in [2.24, 2.45) is 0 Å². The van der Waals surface area contributed by atoms with Crippen LogP contribution in [0, 0.1) is 6.92 Å². The van der Waals surface area contributed by atoms with E-state index in [-0.39, 0.29) is 12.5 Å². The summed E-state index contributed by atoms with van der Waals surface area (Å²) in [4.78, 5) is 0. The van der Waals surface area contributed by atoms with E-state index in [1.807, 2.05) is 23.0 Å². The van der Waals surface area contributed by atoms with Gasteiger partial charge in [-0.2, -0.15) is 5.10 Å². The molecule has 0 bridgehead atoms. The normalized spacial score (nSPS) is 14.2. The summed E-state index contributed by atoms with van der Waals surface area (Å²) in [5.74, 6) is 0.122. The van der Waals surface area contributed by atoms with Gasteiger partial charge in [0.25, 0.3) is 0 Å². The molecule has 0 aliphatic heterocycles. The quantitative estimate of drug-likeness (QED) is 0.874. The number of aryl methyl sites for hydroxylation is 1. The first-order valence-corrected chi connectivity index (χ1v) is 7.36. The molecule has 1 heterocycles. The summed E-state index contributed by atoms with van der Waals surface area (Å²) < 4.78 is 2.02. The molecular weight excluding hydrogens is 248 g/mol. The van der Waals surface area contributed by atoms with E-state index in [1.54, 1.807) is 0 Å². The predicted molar refractivity (Wildman–Crippen MR) is 81.9 cm³/mol. The molecule has 2 atom stereocenters. The van der Waals surface area contributed by atoms with E-state index in [9.17, 15) is 5.11 Å². The van der Waals surface area contributed by atoms with Gasteiger partial charge >= 0.3 is 0 Å². The van der Waals surface area contributed by atoms with E-state index in [2.05, 4.69) is 44.1 Å². The maximum absolute atomic E-state index is 9.69. The number of rotatable bonds is 6. The van der Waals surface area contributed by atoms with E-state index >= 15 is 0 Å². The number of hydrogen-bond acceptors (Lipinski definition) is 2. The van der Waals surface area contributed by atoms with Gasteiger partial charge in [-0.1, -0.05) is 31.2 Å². The summed E-state index contributed by atoms with van der Waals surface area (Å²) in [6.45, 7) is 6.58. The van der Waals surface area contributed by atoms with Crippen LogP contribution in [0.1, 0.15) is 49.0 Å². The standard InChI is InChI=1S/C17H24N2O/c1-4-14(3)19-10-9-16(18-19)11-15(12-20)17-8-6-5-7-13(17)2/h5-10,14-15,20H,4,11-12H2,1-3H3. The van der Waals surface area contributed by atoms with E-state index < -0.39 is 0 Å². The fraction of sp³-hybridized carbons (Fsp3) is 0.471. The van der Waals surface area contributed by atoms with Crippen molar-refractivity contribution in [1.29, 1.82) is 0 Å². The first-order valence-electron chi connectivity index (χ1n) is 7.36. The third kappa shape index (κ3) is 3.28. The van der Waals surface area contributed by atoms with Crippen molar-refractivity contribution in [1.82, 2.24) is 9.78 Å². The highest BCUT2D eigenvalue weighted by Crippen LogP contribution is 2.23. The van der Waals surface area contributed by atoms with Gasteiger partial charge in [-0.25, -0.2) is 0 Å². The van der Waals surface area contributed by atoms with Crippen LogP contribution in [0.15, 0.2) is 36.5 Å². The lowest BCUT2D eigenvalue weighted by Crippen LogP contribution is -2.11. The van der Waals surface area contributed by atoms with Gasteiger partial charge in [0.2, 0.25) is 0 Å². The smallest absolute Gasteiger partial charge is 0.0631 e. The zero-order chi connectivity index (χ0) is 14.5. The Balaban J connectivity index is 2.15. The molecule has 2 unspecified atom stereocenters. The van der Waals surface area contributed by atoms with Gasteiger partial charge in [-0.05, 0) is 37.5 Å². The summed E-state index contributed by atoms with van der Waals surface area (Å²) in [5.41, 5.74) is 3.49. The highest BCUT2D eigenvalue weighted by molar-refractivity contribution is 5.30. The molecule has 0 fully saturated rings. The first-order chi connectivity index (χ1) is 9.65. The minimum atomic E-state index is 0.122. The predicted octanol–water partition coefficient (Wildman–Crippen LogP) is 3.48. The lowest BCUT2D eigenvalue weighted by atomic mass is 9.92. The third-order valence-corrected chi connectivity index (χ3v) is 4.01. The summed E-state index contributed by atoms with van der Waals surface area (Å²) in [6.07, 6.45) is 3.89. The van der Waals surface area contributed by atoms with Crippen molar-refractivity contribution in [3.63, 3.8) is 0 Å². The topological polar surface area (TPSA) is 38.0 Å². The Morgan fingerprint density at radius 1 is 1.25 bits per heavy atom. The van der Waals surface area contributed by atoms with Gasteiger partial charge in [0.1, 0.15) is 0 Å². The molecule has 1 aromatic carbocycles. The number of aliphatic hydroxyl groups excluding tert-OH is 1. The van der Waals surface area contributed by atoms with Crippen LogP contribution in [0.25, 0.3) is 0 Å². The molecule has 0 spiro atoms. The van der Waals surface area contributed by atoms with E-state index in [1.165, 1.54) is 11.1 Å². The van der Waals surface area contributed by atoms with Crippen LogP contribution in [0.4, 0.5) is 0 Å². The summed E-state index contributed by atoms with van der Waals surface area (Å²) >= 11 is 0. The maximum Gasteiger partial charge on any atom is 0.0631 e. The fourth-order valence-corrected chi connectivity index (χ4v) is 2.49. The zero-order valence-electron chi connectivity index (χ0n) is 12.6. The van der Waals surface area contributed by atoms with Gasteiger partial charge in [0.05, 0.1) is 12.3 Å². The van der Waals surface area contributed by atoms with Crippen molar-refractivity contribution in [3.8, 4) is 0 Å². The van der Waals surface area contributed by atoms with Crippen molar-refractivity contribution in [2.45, 2.75) is 45.6 Å². The first kappa shape index (κ1) is 14.8. The van der Waals surface area contributed by atoms with E-state index in [0.29, 0.717) is 6.04 Å². The molecule has 0 saturated carbocycles. The molecule has 1 aromatic heterocycles. The van der Waals surface area contributed by atoms with Gasteiger partial charge in [-0.15, -0.1) is 0 Å². The van der Waals surface area contributed by atoms with Crippen LogP contribution in [0.2, 0.25) is 0 Å². The van der Waals surface area contributed by atoms with Crippen LogP contribution in [0.5, 0.6) is 0 Å². The average Bonchev–Trinajstić information content (AvgIpc) is 2.93. The molecule has 20 heavy (non-hydrogen) atoms. The van der Waals surface area contributed by atoms with Crippen molar-refractivity contribution in [2.75, 3.05) is 6.61 Å². The van der Waals surface area contributed by atoms with E-state index in [0.717, 1.165) is 18.5 Å². The molecule has 0 radical (unpaired) electrons. The number of hydrogen-bond donors (Lipinski definition) is 1. The molecule has 2 aromatic rings. The van der Waals surface area contributed by atoms with Crippen molar-refractivity contribution in [3.05, 3.63) is 53.3 Å². The second-order valence-corrected chi connectivity index (χ2v) is 5.48. The number of benzene rings is 1. The Morgan fingerprint density at radius 2 is 2.00 bits per heavy atom. The van der Waals surface area contributed by atoms with Crippen LogP contribution in [-0.4, -0.2) is 21.5 Å². The van der Waals surface area contributed by atoms with Crippen LogP contribution in [0.3, 0.4) is 0 Å². The maximum atomic E-state index is 9.69. The summed E-state index contributed by atoms with van der Waals surface area (Å²) in [6, 6.07) is 10.7. The molecular formula is C17H24N2O. The van der Waals surface area contributed by atoms with Crippen LogP contribution in [-0.2, 0) is 6.42 Å². The zero-order valence-corrected chi connectivity index (χ0v) is 12.6. The lowest BCUT2D eigenvalue weighted by Gasteiger charge is -2.16. The molecule has 0 aliphatic carbocycles. The largest absolute Gasteiger partial charge is 0.396 e. The fourth-order valence-electron chi connectivity index (χ4n) is 2.49. The molecule has 108 valence electrons. The molecule has 3 heteroatoms. The van der Waals surface area contributed by atoms with E-state index in [4.69, 9.17) is 0 Å². The number of aromatic nitrogens is 2. The lowest BCUT2D eigenvalue weighted by molar-refractivity contribution is 0.263. The second-order valence-electron chi connectivity index (χ2n) is 5.48. The summed E-state index contributed by atoms with van der Waals surface area (Å²) in [5, 5.41) is 14.3. The Bertz CT molecular complexity index is 547. The molecule has 0 saturated heterocycles. The Hall–Kier alpha value is -1.61. The van der Waals surface area contributed by atoms with Gasteiger partial charge in [0, 0.05) is 24.6 Å². The number of nitrogens with zero attached hydrogens (tertiary/aromatic N) is 2. The Morgan fingerprint density at radius 3 is 2.65 bits per heavy atom. The second kappa shape index (κ2) is 6.71. The van der Waals surface area contributed by atoms with Crippen LogP contribution < -0.4 is 0 Å². The molecule has 2 rings (SSSR count). The highest BCUT2D eigenvalue weighted by Gasteiger charge is 2.15. The Kier molecular flexibility index (Phi) is 4.96. The monoisotopic (exact) mass is 272 g/mol. The Labute approximate surface area is 121 Å². The molecule has 0 amide bonds. The van der Waals surface area contributed by atoms with Crippen molar-refractivity contribution >= 4 is 0 Å². The molecule has 0 aliphatic rings. The highest BCUT2D eigenvalue weighted by atomic mass is 16.3. The molecule has 3 nitrogen and oxygen atoms in total. The van der Waals surface area contributed by atoms with Crippen molar-refractivity contribution < 1.29 is 5.11 Å². The van der Waals surface area contributed by atoms with Gasteiger partial charge in [0.15, 0.2) is 0 Å². The minimum absolute atomic E-state index is 0.122.